The van der Waals surface area contributed by atoms with Gasteiger partial charge in [0.25, 0.3) is 0 Å². The fraction of sp³-hybridized carbons (Fsp3) is 0.417. The van der Waals surface area contributed by atoms with Crippen LogP contribution in [0.3, 0.4) is 0 Å². The molecule has 0 unspecified atom stereocenters. The number of thioether (sulfide) groups is 1. The van der Waals surface area contributed by atoms with Crippen LogP contribution in [0, 0.1) is 5.92 Å². The first-order chi connectivity index (χ1) is 7.75. The van der Waals surface area contributed by atoms with Crippen molar-refractivity contribution in [3.63, 3.8) is 0 Å². The van der Waals surface area contributed by atoms with Gasteiger partial charge in [-0.1, -0.05) is 18.2 Å². The highest BCUT2D eigenvalue weighted by molar-refractivity contribution is 8.00. The number of para-hydroxylation sites is 1. The molecule has 1 aliphatic rings. The van der Waals surface area contributed by atoms with Gasteiger partial charge >= 0.3 is 5.97 Å². The van der Waals surface area contributed by atoms with E-state index in [1.54, 1.807) is 6.07 Å². The molecule has 1 aliphatic heterocycles. The van der Waals surface area contributed by atoms with Crippen LogP contribution in [0.25, 0.3) is 0 Å². The second-order valence-electron chi connectivity index (χ2n) is 3.89. The number of rotatable bonds is 5. The smallest absolute Gasteiger partial charge is 0.307 e. The molecule has 4 heteroatoms. The third-order valence-electron chi connectivity index (χ3n) is 2.50. The predicted molar refractivity (Wildman–Crippen MR) is 64.1 cm³/mol. The van der Waals surface area contributed by atoms with Crippen molar-refractivity contribution in [1.82, 2.24) is 0 Å². The molecular weight excluding hydrogens is 224 g/mol. The zero-order valence-corrected chi connectivity index (χ0v) is 9.70. The Labute approximate surface area is 98.8 Å². The highest BCUT2D eigenvalue weighted by Gasteiger charge is 2.19. The SMILES string of the molecule is O=C(O)Cc1ccccc1OCC1CSC1. The van der Waals surface area contributed by atoms with Crippen LogP contribution >= 0.6 is 11.8 Å². The van der Waals surface area contributed by atoms with Gasteiger partial charge in [-0.2, -0.15) is 11.8 Å². The second-order valence-corrected chi connectivity index (χ2v) is 4.97. The van der Waals surface area contributed by atoms with E-state index in [1.807, 2.05) is 30.0 Å². The molecular formula is C12H14O3S. The maximum Gasteiger partial charge on any atom is 0.307 e. The molecule has 1 N–H and O–H groups in total. The minimum atomic E-state index is -0.824. The maximum atomic E-state index is 10.7. The van der Waals surface area contributed by atoms with Gasteiger partial charge in [-0.15, -0.1) is 0 Å². The predicted octanol–water partition coefficient (Wildman–Crippen LogP) is 2.06. The summed E-state index contributed by atoms with van der Waals surface area (Å²) in [5, 5.41) is 8.77. The summed E-state index contributed by atoms with van der Waals surface area (Å²) in [5.74, 6) is 2.82. The summed E-state index contributed by atoms with van der Waals surface area (Å²) in [6.07, 6.45) is 0.0234. The van der Waals surface area contributed by atoms with E-state index in [0.717, 1.165) is 17.1 Å². The number of hydrogen-bond donors (Lipinski definition) is 1. The van der Waals surface area contributed by atoms with Crippen molar-refractivity contribution < 1.29 is 14.6 Å². The Kier molecular flexibility index (Phi) is 3.72. The largest absolute Gasteiger partial charge is 0.493 e. The van der Waals surface area contributed by atoms with E-state index in [-0.39, 0.29) is 6.42 Å². The van der Waals surface area contributed by atoms with Gasteiger partial charge in [-0.05, 0) is 6.07 Å². The van der Waals surface area contributed by atoms with Crippen molar-refractivity contribution >= 4 is 17.7 Å². The lowest BCUT2D eigenvalue weighted by Crippen LogP contribution is -2.25. The average molecular weight is 238 g/mol. The van der Waals surface area contributed by atoms with E-state index in [2.05, 4.69) is 0 Å². The summed E-state index contributed by atoms with van der Waals surface area (Å²) in [7, 11) is 0. The number of carbonyl (C=O) groups is 1. The summed E-state index contributed by atoms with van der Waals surface area (Å²) in [6.45, 7) is 0.698. The molecule has 0 aliphatic carbocycles. The zero-order chi connectivity index (χ0) is 11.4. The first-order valence-corrected chi connectivity index (χ1v) is 6.41. The third-order valence-corrected chi connectivity index (χ3v) is 3.91. The first-order valence-electron chi connectivity index (χ1n) is 5.26. The van der Waals surface area contributed by atoms with E-state index in [9.17, 15) is 4.79 Å². The number of carboxylic acid groups (broad SMARTS) is 1. The molecule has 0 aromatic heterocycles. The average Bonchev–Trinajstić information content (AvgIpc) is 2.17. The molecule has 0 amide bonds. The Bertz CT molecular complexity index is 374. The molecule has 0 bridgehead atoms. The number of carboxylic acids is 1. The van der Waals surface area contributed by atoms with Crippen molar-refractivity contribution in [3.8, 4) is 5.75 Å². The monoisotopic (exact) mass is 238 g/mol. The standard InChI is InChI=1S/C12H14O3S/c13-12(14)5-10-3-1-2-4-11(10)15-6-9-7-16-8-9/h1-4,9H,5-8H2,(H,13,14). The van der Waals surface area contributed by atoms with Crippen LogP contribution in [-0.2, 0) is 11.2 Å². The van der Waals surface area contributed by atoms with E-state index in [1.165, 1.54) is 0 Å². The van der Waals surface area contributed by atoms with Gasteiger partial charge in [0, 0.05) is 23.0 Å². The Morgan fingerprint density at radius 2 is 2.19 bits per heavy atom. The number of hydrogen-bond acceptors (Lipinski definition) is 3. The molecule has 3 nitrogen and oxygen atoms in total. The number of benzene rings is 1. The van der Waals surface area contributed by atoms with Crippen LogP contribution in [0.15, 0.2) is 24.3 Å². The molecule has 86 valence electrons. The van der Waals surface area contributed by atoms with Gasteiger partial charge in [0.15, 0.2) is 0 Å². The van der Waals surface area contributed by atoms with Crippen molar-refractivity contribution in [2.24, 2.45) is 5.92 Å². The second kappa shape index (κ2) is 5.25. The van der Waals surface area contributed by atoms with Gasteiger partial charge < -0.3 is 9.84 Å². The lowest BCUT2D eigenvalue weighted by atomic mass is 10.1. The van der Waals surface area contributed by atoms with Crippen LogP contribution in [0.1, 0.15) is 5.56 Å². The Morgan fingerprint density at radius 3 is 2.81 bits per heavy atom. The van der Waals surface area contributed by atoms with Gasteiger partial charge in [-0.3, -0.25) is 4.79 Å². The van der Waals surface area contributed by atoms with Crippen LogP contribution in [-0.4, -0.2) is 29.2 Å². The Hall–Kier alpha value is -1.16. The van der Waals surface area contributed by atoms with Crippen molar-refractivity contribution in [1.29, 1.82) is 0 Å². The lowest BCUT2D eigenvalue weighted by molar-refractivity contribution is -0.136. The van der Waals surface area contributed by atoms with Crippen molar-refractivity contribution in [2.45, 2.75) is 6.42 Å². The minimum absolute atomic E-state index is 0.0234. The van der Waals surface area contributed by atoms with Crippen molar-refractivity contribution in [3.05, 3.63) is 29.8 Å². The molecule has 1 fully saturated rings. The minimum Gasteiger partial charge on any atom is -0.493 e. The lowest BCUT2D eigenvalue weighted by Gasteiger charge is -2.25. The summed E-state index contributed by atoms with van der Waals surface area (Å²) >= 11 is 1.92. The van der Waals surface area contributed by atoms with Gasteiger partial charge in [0.2, 0.25) is 0 Å². The summed E-state index contributed by atoms with van der Waals surface area (Å²) in [5.41, 5.74) is 0.752. The Morgan fingerprint density at radius 1 is 1.44 bits per heavy atom. The van der Waals surface area contributed by atoms with Gasteiger partial charge in [0.05, 0.1) is 13.0 Å². The Balaban J connectivity index is 1.97. The molecule has 0 radical (unpaired) electrons. The molecule has 1 saturated heterocycles. The van der Waals surface area contributed by atoms with E-state index < -0.39 is 5.97 Å². The molecule has 1 aromatic rings. The number of aliphatic carboxylic acids is 1. The molecule has 16 heavy (non-hydrogen) atoms. The molecule has 1 heterocycles. The number of ether oxygens (including phenoxy) is 1. The van der Waals surface area contributed by atoms with Crippen molar-refractivity contribution in [2.75, 3.05) is 18.1 Å². The summed E-state index contributed by atoms with van der Waals surface area (Å²) in [4.78, 5) is 10.7. The molecule has 0 atom stereocenters. The fourth-order valence-electron chi connectivity index (χ4n) is 1.54. The topological polar surface area (TPSA) is 46.5 Å². The zero-order valence-electron chi connectivity index (χ0n) is 8.89. The van der Waals surface area contributed by atoms with E-state index >= 15 is 0 Å². The third kappa shape index (κ3) is 2.92. The van der Waals surface area contributed by atoms with E-state index in [0.29, 0.717) is 18.3 Å². The molecule has 0 saturated carbocycles. The highest BCUT2D eigenvalue weighted by Crippen LogP contribution is 2.26. The highest BCUT2D eigenvalue weighted by atomic mass is 32.2. The first kappa shape index (κ1) is 11.3. The van der Waals surface area contributed by atoms with E-state index in [4.69, 9.17) is 9.84 Å². The molecule has 1 aromatic carbocycles. The van der Waals surface area contributed by atoms with Crippen LogP contribution < -0.4 is 4.74 Å². The van der Waals surface area contributed by atoms with Crippen LogP contribution in [0.2, 0.25) is 0 Å². The molecule has 2 rings (SSSR count). The normalized spacial score (nSPS) is 15.5. The fourth-order valence-corrected chi connectivity index (χ4v) is 2.30. The van der Waals surface area contributed by atoms with Crippen LogP contribution in [0.4, 0.5) is 0 Å². The quantitative estimate of drug-likeness (QED) is 0.853. The maximum absolute atomic E-state index is 10.7. The van der Waals surface area contributed by atoms with Crippen LogP contribution in [0.5, 0.6) is 5.75 Å². The van der Waals surface area contributed by atoms with Gasteiger partial charge in [-0.25, -0.2) is 0 Å². The van der Waals surface area contributed by atoms with Gasteiger partial charge in [0.1, 0.15) is 5.75 Å². The summed E-state index contributed by atoms with van der Waals surface area (Å²) < 4.78 is 5.67. The molecule has 0 spiro atoms. The summed E-state index contributed by atoms with van der Waals surface area (Å²) in [6, 6.07) is 7.35.